The maximum atomic E-state index is 6.47. The summed E-state index contributed by atoms with van der Waals surface area (Å²) >= 11 is 6.47. The number of piperazine rings is 1. The van der Waals surface area contributed by atoms with Gasteiger partial charge in [0.15, 0.2) is 0 Å². The Morgan fingerprint density at radius 1 is 1.12 bits per heavy atom. The molecule has 2 nitrogen and oxygen atoms in total. The number of benzene rings is 1. The van der Waals surface area contributed by atoms with E-state index in [-0.39, 0.29) is 5.38 Å². The molecule has 0 bridgehead atoms. The van der Waals surface area contributed by atoms with Crippen molar-refractivity contribution in [2.24, 2.45) is 0 Å². The molecule has 1 aromatic carbocycles. The van der Waals surface area contributed by atoms with Crippen molar-refractivity contribution in [3.63, 3.8) is 0 Å². The highest BCUT2D eigenvalue weighted by Crippen LogP contribution is 2.22. The molecule has 1 aliphatic rings. The van der Waals surface area contributed by atoms with Crippen LogP contribution in [0.3, 0.4) is 0 Å². The van der Waals surface area contributed by atoms with Gasteiger partial charge in [-0.15, -0.1) is 11.6 Å². The van der Waals surface area contributed by atoms with Gasteiger partial charge >= 0.3 is 0 Å². The van der Waals surface area contributed by atoms with Crippen LogP contribution in [0, 0.1) is 6.92 Å². The number of aryl methyl sites for hydroxylation is 1. The summed E-state index contributed by atoms with van der Waals surface area (Å²) in [6, 6.07) is 8.55. The van der Waals surface area contributed by atoms with E-state index in [9.17, 15) is 0 Å². The van der Waals surface area contributed by atoms with E-state index in [2.05, 4.69) is 48.0 Å². The van der Waals surface area contributed by atoms with Crippen molar-refractivity contribution in [3.8, 4) is 0 Å². The highest BCUT2D eigenvalue weighted by Gasteiger charge is 2.17. The second kappa shape index (κ2) is 5.85. The van der Waals surface area contributed by atoms with Gasteiger partial charge in [-0.25, -0.2) is 0 Å². The summed E-state index contributed by atoms with van der Waals surface area (Å²) in [5, 5.41) is 0.110. The highest BCUT2D eigenvalue weighted by molar-refractivity contribution is 6.21. The molecule has 3 heteroatoms. The van der Waals surface area contributed by atoms with E-state index in [1.54, 1.807) is 0 Å². The molecule has 94 valence electrons. The van der Waals surface area contributed by atoms with Gasteiger partial charge in [0.1, 0.15) is 0 Å². The second-order valence-corrected chi connectivity index (χ2v) is 5.51. The molecule has 1 fully saturated rings. The fourth-order valence-corrected chi connectivity index (χ4v) is 2.48. The molecule has 0 amide bonds. The summed E-state index contributed by atoms with van der Waals surface area (Å²) in [6.07, 6.45) is 0. The molecule has 17 heavy (non-hydrogen) atoms. The number of rotatable bonds is 3. The molecule has 0 aliphatic carbocycles. The maximum Gasteiger partial charge on any atom is 0.0712 e. The SMILES string of the molecule is Cc1ccc(C(Cl)CN2CCN(C)CC2)cc1. The van der Waals surface area contributed by atoms with Crippen LogP contribution in [0.5, 0.6) is 0 Å². The third-order valence-electron chi connectivity index (χ3n) is 3.45. The van der Waals surface area contributed by atoms with Crippen molar-refractivity contribution in [3.05, 3.63) is 35.4 Å². The smallest absolute Gasteiger partial charge is 0.0712 e. The minimum absolute atomic E-state index is 0.110. The third-order valence-corrected chi connectivity index (χ3v) is 3.84. The van der Waals surface area contributed by atoms with Crippen LogP contribution in [0.1, 0.15) is 16.5 Å². The van der Waals surface area contributed by atoms with Crippen LogP contribution in [-0.4, -0.2) is 49.6 Å². The zero-order chi connectivity index (χ0) is 12.3. The van der Waals surface area contributed by atoms with Crippen LogP contribution in [-0.2, 0) is 0 Å². The Balaban J connectivity index is 1.88. The van der Waals surface area contributed by atoms with Gasteiger partial charge in [-0.05, 0) is 19.5 Å². The Labute approximate surface area is 109 Å². The normalized spacial score (nSPS) is 20.4. The molecule has 1 unspecified atom stereocenters. The van der Waals surface area contributed by atoms with Gasteiger partial charge in [-0.1, -0.05) is 29.8 Å². The lowest BCUT2D eigenvalue weighted by molar-refractivity contribution is 0.154. The van der Waals surface area contributed by atoms with E-state index >= 15 is 0 Å². The van der Waals surface area contributed by atoms with Crippen LogP contribution in [0.2, 0.25) is 0 Å². The predicted molar refractivity (Wildman–Crippen MR) is 73.7 cm³/mol. The fraction of sp³-hybridized carbons (Fsp3) is 0.571. The van der Waals surface area contributed by atoms with E-state index in [1.165, 1.54) is 11.1 Å². The topological polar surface area (TPSA) is 6.48 Å². The molecule has 0 saturated carbocycles. The summed E-state index contributed by atoms with van der Waals surface area (Å²) in [6.45, 7) is 7.62. The van der Waals surface area contributed by atoms with Gasteiger partial charge in [0.2, 0.25) is 0 Å². The zero-order valence-corrected chi connectivity index (χ0v) is 11.5. The molecule has 1 aromatic rings. The Bertz CT molecular complexity index is 342. The summed E-state index contributed by atoms with van der Waals surface area (Å²) in [4.78, 5) is 4.82. The minimum atomic E-state index is 0.110. The van der Waals surface area contributed by atoms with Crippen LogP contribution in [0.15, 0.2) is 24.3 Å². The Morgan fingerprint density at radius 2 is 1.71 bits per heavy atom. The molecule has 1 heterocycles. The summed E-state index contributed by atoms with van der Waals surface area (Å²) < 4.78 is 0. The highest BCUT2D eigenvalue weighted by atomic mass is 35.5. The second-order valence-electron chi connectivity index (χ2n) is 4.98. The lowest BCUT2D eigenvalue weighted by Crippen LogP contribution is -2.45. The van der Waals surface area contributed by atoms with Crippen LogP contribution in [0.25, 0.3) is 0 Å². The number of hydrogen-bond acceptors (Lipinski definition) is 2. The van der Waals surface area contributed by atoms with E-state index in [0.29, 0.717) is 0 Å². The number of alkyl halides is 1. The lowest BCUT2D eigenvalue weighted by Gasteiger charge is -2.33. The average molecular weight is 253 g/mol. The molecule has 1 atom stereocenters. The molecular formula is C14H21ClN2. The number of likely N-dealkylation sites (N-methyl/N-ethyl adjacent to an activating group) is 1. The van der Waals surface area contributed by atoms with Gasteiger partial charge in [-0.2, -0.15) is 0 Å². The average Bonchev–Trinajstić information content (AvgIpc) is 2.33. The molecule has 1 aliphatic heterocycles. The van der Waals surface area contributed by atoms with Crippen LogP contribution in [0.4, 0.5) is 0 Å². The summed E-state index contributed by atoms with van der Waals surface area (Å²) in [5.41, 5.74) is 2.52. The Kier molecular flexibility index (Phi) is 4.43. The van der Waals surface area contributed by atoms with E-state index < -0.39 is 0 Å². The largest absolute Gasteiger partial charge is 0.304 e. The zero-order valence-electron chi connectivity index (χ0n) is 10.7. The fourth-order valence-electron chi connectivity index (χ4n) is 2.14. The van der Waals surface area contributed by atoms with Gasteiger partial charge < -0.3 is 4.90 Å². The molecule has 0 N–H and O–H groups in total. The molecule has 0 radical (unpaired) electrons. The van der Waals surface area contributed by atoms with Crippen molar-refractivity contribution >= 4 is 11.6 Å². The van der Waals surface area contributed by atoms with Crippen molar-refractivity contribution in [1.82, 2.24) is 9.80 Å². The first kappa shape index (κ1) is 12.9. The first-order valence-corrected chi connectivity index (χ1v) is 6.70. The third kappa shape index (κ3) is 3.70. The van der Waals surface area contributed by atoms with Crippen molar-refractivity contribution in [2.45, 2.75) is 12.3 Å². The monoisotopic (exact) mass is 252 g/mol. The van der Waals surface area contributed by atoms with Gasteiger partial charge in [0, 0.05) is 32.7 Å². The van der Waals surface area contributed by atoms with Crippen LogP contribution >= 0.6 is 11.6 Å². The first-order valence-electron chi connectivity index (χ1n) is 6.26. The first-order chi connectivity index (χ1) is 8.15. The standard InChI is InChI=1S/C14H21ClN2/c1-12-3-5-13(6-4-12)14(15)11-17-9-7-16(2)8-10-17/h3-6,14H,7-11H2,1-2H3. The maximum absolute atomic E-state index is 6.47. The quantitative estimate of drug-likeness (QED) is 0.763. The van der Waals surface area contributed by atoms with E-state index in [1.807, 2.05) is 0 Å². The number of nitrogens with zero attached hydrogens (tertiary/aromatic N) is 2. The van der Waals surface area contributed by atoms with Crippen LogP contribution < -0.4 is 0 Å². The molecule has 2 rings (SSSR count). The number of halogens is 1. The Hall–Kier alpha value is -0.570. The predicted octanol–water partition coefficient (Wildman–Crippen LogP) is 2.52. The van der Waals surface area contributed by atoms with E-state index in [4.69, 9.17) is 11.6 Å². The number of hydrogen-bond donors (Lipinski definition) is 0. The van der Waals surface area contributed by atoms with Crippen molar-refractivity contribution in [2.75, 3.05) is 39.8 Å². The van der Waals surface area contributed by atoms with Gasteiger partial charge in [-0.3, -0.25) is 4.90 Å². The van der Waals surface area contributed by atoms with Crippen molar-refractivity contribution in [1.29, 1.82) is 0 Å². The molecule has 1 saturated heterocycles. The van der Waals surface area contributed by atoms with E-state index in [0.717, 1.165) is 32.7 Å². The minimum Gasteiger partial charge on any atom is -0.304 e. The van der Waals surface area contributed by atoms with Gasteiger partial charge in [0.05, 0.1) is 5.38 Å². The van der Waals surface area contributed by atoms with Crippen molar-refractivity contribution < 1.29 is 0 Å². The molecule has 0 aromatic heterocycles. The molecular weight excluding hydrogens is 232 g/mol. The molecule has 0 spiro atoms. The lowest BCUT2D eigenvalue weighted by atomic mass is 10.1. The summed E-state index contributed by atoms with van der Waals surface area (Å²) in [7, 11) is 2.18. The summed E-state index contributed by atoms with van der Waals surface area (Å²) in [5.74, 6) is 0. The van der Waals surface area contributed by atoms with Gasteiger partial charge in [0.25, 0.3) is 0 Å². The Morgan fingerprint density at radius 3 is 2.29 bits per heavy atom.